The molecule has 0 aliphatic carbocycles. The zero-order valence-corrected chi connectivity index (χ0v) is 10.3. The molecular weight excluding hydrogens is 248 g/mol. The van der Waals surface area contributed by atoms with E-state index < -0.39 is 5.97 Å². The maximum absolute atomic E-state index is 11.6. The highest BCUT2D eigenvalue weighted by Crippen LogP contribution is 2.33. The van der Waals surface area contributed by atoms with Crippen LogP contribution in [0.4, 0.5) is 5.69 Å². The topological polar surface area (TPSA) is 97.2 Å². The van der Waals surface area contributed by atoms with Crippen molar-refractivity contribution in [2.45, 2.75) is 0 Å². The van der Waals surface area contributed by atoms with Crippen LogP contribution in [0.1, 0.15) is 10.4 Å². The first-order valence-corrected chi connectivity index (χ1v) is 5.32. The second-order valence-corrected chi connectivity index (χ2v) is 3.56. The van der Waals surface area contributed by atoms with E-state index in [0.29, 0.717) is 16.7 Å². The highest BCUT2D eigenvalue weighted by atomic mass is 16.5. The number of nitrogens with zero attached hydrogens (tertiary/aromatic N) is 4. The van der Waals surface area contributed by atoms with Gasteiger partial charge >= 0.3 is 5.97 Å². The maximum Gasteiger partial charge on any atom is 0.339 e. The summed E-state index contributed by atoms with van der Waals surface area (Å²) in [4.78, 5) is 18.5. The third kappa shape index (κ3) is 2.14. The maximum atomic E-state index is 11.6. The number of hydrogen-bond donors (Lipinski definition) is 0. The largest absolute Gasteiger partial charge is 0.494 e. The van der Waals surface area contributed by atoms with Gasteiger partial charge in [-0.15, -0.1) is 0 Å². The van der Waals surface area contributed by atoms with E-state index in [9.17, 15) is 4.79 Å². The third-order valence-electron chi connectivity index (χ3n) is 2.60. The number of hydrogen-bond acceptors (Lipinski definition) is 5. The smallest absolute Gasteiger partial charge is 0.339 e. The summed E-state index contributed by atoms with van der Waals surface area (Å²) in [6.45, 7) is 0. The molecule has 2 aromatic rings. The number of carbonyl (C=O) groups is 1. The minimum absolute atomic E-state index is 0.112. The standard InChI is InChI=1S/C12H10N4O3/c1-18-9-5-3-4-7-10(15-16-13)8(12(17)19-2)6-14-11(7)9/h3-6H,1-2H3. The van der Waals surface area contributed by atoms with Crippen molar-refractivity contribution in [1.82, 2.24) is 4.98 Å². The Morgan fingerprint density at radius 3 is 2.84 bits per heavy atom. The molecule has 0 radical (unpaired) electrons. The lowest BCUT2D eigenvalue weighted by atomic mass is 10.1. The van der Waals surface area contributed by atoms with E-state index in [1.807, 2.05) is 0 Å². The van der Waals surface area contributed by atoms with Crippen molar-refractivity contribution in [2.24, 2.45) is 5.11 Å². The van der Waals surface area contributed by atoms with E-state index in [1.54, 1.807) is 18.2 Å². The molecular formula is C12H10N4O3. The molecule has 0 unspecified atom stereocenters. The lowest BCUT2D eigenvalue weighted by Gasteiger charge is -2.09. The van der Waals surface area contributed by atoms with Crippen molar-refractivity contribution >= 4 is 22.6 Å². The molecule has 1 aromatic carbocycles. The van der Waals surface area contributed by atoms with E-state index in [4.69, 9.17) is 10.3 Å². The number of carbonyl (C=O) groups excluding carboxylic acids is 1. The van der Waals surface area contributed by atoms with E-state index in [2.05, 4.69) is 19.7 Å². The zero-order chi connectivity index (χ0) is 13.8. The molecule has 0 N–H and O–H groups in total. The van der Waals surface area contributed by atoms with Gasteiger partial charge in [-0.2, -0.15) is 0 Å². The molecule has 0 atom stereocenters. The SMILES string of the molecule is COC(=O)c1cnc2c(OC)cccc2c1N=[N+]=[N-]. The predicted molar refractivity (Wildman–Crippen MR) is 68.4 cm³/mol. The molecule has 0 saturated carbocycles. The number of fused-ring (bicyclic) bond motifs is 1. The number of esters is 1. The van der Waals surface area contributed by atoms with Gasteiger partial charge in [0.25, 0.3) is 0 Å². The molecule has 7 heteroatoms. The van der Waals surface area contributed by atoms with Gasteiger partial charge in [0.2, 0.25) is 0 Å². The van der Waals surface area contributed by atoms with Crippen LogP contribution in [0.2, 0.25) is 0 Å². The molecule has 0 saturated heterocycles. The molecule has 7 nitrogen and oxygen atoms in total. The van der Waals surface area contributed by atoms with Crippen LogP contribution in [0.15, 0.2) is 29.5 Å². The van der Waals surface area contributed by atoms with Crippen LogP contribution in [-0.2, 0) is 4.74 Å². The van der Waals surface area contributed by atoms with Crippen LogP contribution in [0.5, 0.6) is 5.75 Å². The van der Waals surface area contributed by atoms with Crippen LogP contribution in [0, 0.1) is 0 Å². The zero-order valence-electron chi connectivity index (χ0n) is 10.3. The van der Waals surface area contributed by atoms with Crippen molar-refractivity contribution < 1.29 is 14.3 Å². The normalized spacial score (nSPS) is 9.79. The molecule has 1 heterocycles. The average molecular weight is 258 g/mol. The van der Waals surface area contributed by atoms with Crippen LogP contribution in [0.3, 0.4) is 0 Å². The summed E-state index contributed by atoms with van der Waals surface area (Å²) in [5, 5.41) is 4.09. The van der Waals surface area contributed by atoms with E-state index in [1.165, 1.54) is 20.4 Å². The molecule has 0 spiro atoms. The second kappa shape index (κ2) is 5.24. The van der Waals surface area contributed by atoms with Gasteiger partial charge in [-0.05, 0) is 11.6 Å². The fraction of sp³-hybridized carbons (Fsp3) is 0.167. The number of azide groups is 1. The van der Waals surface area contributed by atoms with Crippen molar-refractivity contribution in [2.75, 3.05) is 14.2 Å². The van der Waals surface area contributed by atoms with Gasteiger partial charge in [-0.25, -0.2) is 4.79 Å². The Hall–Kier alpha value is -2.79. The fourth-order valence-electron chi connectivity index (χ4n) is 1.76. The summed E-state index contributed by atoms with van der Waals surface area (Å²) >= 11 is 0. The summed E-state index contributed by atoms with van der Waals surface area (Å²) < 4.78 is 9.81. The minimum Gasteiger partial charge on any atom is -0.494 e. The number of aromatic nitrogens is 1. The summed E-state index contributed by atoms with van der Waals surface area (Å²) in [5.74, 6) is -0.0806. The van der Waals surface area contributed by atoms with Gasteiger partial charge in [-0.3, -0.25) is 4.98 Å². The van der Waals surface area contributed by atoms with Crippen LogP contribution in [0.25, 0.3) is 21.3 Å². The molecule has 1 aromatic heterocycles. The molecule has 0 fully saturated rings. The van der Waals surface area contributed by atoms with Crippen LogP contribution in [-0.4, -0.2) is 25.2 Å². The predicted octanol–water partition coefficient (Wildman–Crippen LogP) is 2.97. The van der Waals surface area contributed by atoms with Crippen molar-refractivity contribution in [1.29, 1.82) is 0 Å². The number of benzene rings is 1. The lowest BCUT2D eigenvalue weighted by molar-refractivity contribution is 0.0601. The molecule has 0 aliphatic heterocycles. The van der Waals surface area contributed by atoms with E-state index in [0.717, 1.165) is 0 Å². The van der Waals surface area contributed by atoms with Gasteiger partial charge in [-0.1, -0.05) is 17.2 Å². The quantitative estimate of drug-likeness (QED) is 0.365. The number of ether oxygens (including phenoxy) is 2. The first-order chi connectivity index (χ1) is 9.22. The fourth-order valence-corrected chi connectivity index (χ4v) is 1.76. The van der Waals surface area contributed by atoms with E-state index >= 15 is 0 Å². The third-order valence-corrected chi connectivity index (χ3v) is 2.60. The van der Waals surface area contributed by atoms with Gasteiger partial charge < -0.3 is 9.47 Å². The Morgan fingerprint density at radius 2 is 2.21 bits per heavy atom. The van der Waals surface area contributed by atoms with Crippen molar-refractivity contribution in [3.63, 3.8) is 0 Å². The molecule has 0 aliphatic rings. The summed E-state index contributed by atoms with van der Waals surface area (Å²) in [6, 6.07) is 5.15. The van der Waals surface area contributed by atoms with Crippen LogP contribution < -0.4 is 4.74 Å². The molecule has 19 heavy (non-hydrogen) atoms. The molecule has 96 valence electrons. The Labute approximate surface area is 108 Å². The Kier molecular flexibility index (Phi) is 3.49. The van der Waals surface area contributed by atoms with Crippen LogP contribution >= 0.6 is 0 Å². The Balaban J connectivity index is 2.85. The average Bonchev–Trinajstić information content (AvgIpc) is 2.46. The molecule has 0 amide bonds. The van der Waals surface area contributed by atoms with Crippen molar-refractivity contribution in [3.8, 4) is 5.75 Å². The monoisotopic (exact) mass is 258 g/mol. The highest BCUT2D eigenvalue weighted by molar-refractivity contribution is 6.04. The summed E-state index contributed by atoms with van der Waals surface area (Å²) in [6.07, 6.45) is 1.31. The minimum atomic E-state index is -0.611. The molecule has 0 bridgehead atoms. The number of para-hydroxylation sites is 1. The number of rotatable bonds is 3. The molecule has 2 rings (SSSR count). The Morgan fingerprint density at radius 1 is 1.42 bits per heavy atom. The Bertz CT molecular complexity index is 693. The number of pyridine rings is 1. The van der Waals surface area contributed by atoms with E-state index in [-0.39, 0.29) is 11.3 Å². The van der Waals surface area contributed by atoms with Gasteiger partial charge in [0.1, 0.15) is 11.3 Å². The number of methoxy groups -OCH3 is 2. The van der Waals surface area contributed by atoms with Gasteiger partial charge in [0, 0.05) is 16.5 Å². The van der Waals surface area contributed by atoms with Gasteiger partial charge in [0.15, 0.2) is 0 Å². The highest BCUT2D eigenvalue weighted by Gasteiger charge is 2.16. The summed E-state index contributed by atoms with van der Waals surface area (Å²) in [5.41, 5.74) is 9.44. The second-order valence-electron chi connectivity index (χ2n) is 3.56. The van der Waals surface area contributed by atoms with Crippen molar-refractivity contribution in [3.05, 3.63) is 40.4 Å². The lowest BCUT2D eigenvalue weighted by Crippen LogP contribution is -2.03. The first-order valence-electron chi connectivity index (χ1n) is 5.32. The van der Waals surface area contributed by atoms with Gasteiger partial charge in [0.05, 0.1) is 25.5 Å². The summed E-state index contributed by atoms with van der Waals surface area (Å²) in [7, 11) is 2.76. The first kappa shape index (κ1) is 12.7.